The van der Waals surface area contributed by atoms with Gasteiger partial charge in [0.05, 0.1) is 6.61 Å². The summed E-state index contributed by atoms with van der Waals surface area (Å²) in [6, 6.07) is 4.43. The average molecular weight is 351 g/mol. The third-order valence-corrected chi connectivity index (χ3v) is 12.3. The highest BCUT2D eigenvalue weighted by Gasteiger charge is 2.48. The lowest BCUT2D eigenvalue weighted by atomic mass is 9.86. The van der Waals surface area contributed by atoms with E-state index in [0.717, 1.165) is 28.3 Å². The zero-order valence-corrected chi connectivity index (χ0v) is 19.4. The Kier molecular flexibility index (Phi) is 5.08. The highest BCUT2D eigenvalue weighted by Crippen LogP contribution is 2.48. The van der Waals surface area contributed by atoms with Crippen LogP contribution in [0.25, 0.3) is 0 Å². The third kappa shape index (κ3) is 3.00. The number of fused-ring (bicyclic) bond motifs is 1. The van der Waals surface area contributed by atoms with Gasteiger partial charge in [0, 0.05) is 21.2 Å². The van der Waals surface area contributed by atoms with Gasteiger partial charge in [-0.1, -0.05) is 61.5 Å². The zero-order chi connectivity index (χ0) is 17.6. The van der Waals surface area contributed by atoms with E-state index in [0.29, 0.717) is 16.6 Å². The van der Waals surface area contributed by atoms with Gasteiger partial charge in [0.25, 0.3) is 8.32 Å². The summed E-state index contributed by atoms with van der Waals surface area (Å²) in [5.74, 6) is 2.20. The first kappa shape index (κ1) is 18.6. The van der Waals surface area contributed by atoms with Crippen molar-refractivity contribution in [2.45, 2.75) is 77.4 Å². The largest absolute Gasteiger partial charge is 0.542 e. The molecule has 23 heavy (non-hydrogen) atoms. The quantitative estimate of drug-likeness (QED) is 0.750. The molecule has 0 spiro atoms. The van der Waals surface area contributed by atoms with E-state index < -0.39 is 8.32 Å². The summed E-state index contributed by atoms with van der Waals surface area (Å²) in [5.41, 5.74) is 3.09. The number of hydrogen-bond acceptors (Lipinski definition) is 2. The summed E-state index contributed by atoms with van der Waals surface area (Å²) in [6.45, 7) is 19.4. The van der Waals surface area contributed by atoms with Crippen molar-refractivity contribution < 1.29 is 9.16 Å². The van der Waals surface area contributed by atoms with Gasteiger partial charge in [0.15, 0.2) is 0 Å². The van der Waals surface area contributed by atoms with Crippen molar-refractivity contribution in [2.75, 3.05) is 6.61 Å². The van der Waals surface area contributed by atoms with Gasteiger partial charge in [-0.15, -0.1) is 0 Å². The molecule has 0 saturated heterocycles. The molecule has 0 amide bonds. The van der Waals surface area contributed by atoms with Crippen LogP contribution in [-0.2, 0) is 5.41 Å². The topological polar surface area (TPSA) is 18.5 Å². The molecule has 4 heteroatoms. The second-order valence-corrected chi connectivity index (χ2v) is 15.1. The summed E-state index contributed by atoms with van der Waals surface area (Å²) < 4.78 is 13.0. The van der Waals surface area contributed by atoms with Crippen LogP contribution in [0, 0.1) is 0 Å². The Bertz CT molecular complexity index is 555. The number of hydrogen-bond donors (Lipinski definition) is 0. The van der Waals surface area contributed by atoms with Crippen molar-refractivity contribution in [3.05, 3.63) is 17.7 Å². The summed E-state index contributed by atoms with van der Waals surface area (Å²) in [5, 5.41) is 1.35. The van der Waals surface area contributed by atoms with Gasteiger partial charge in [0.2, 0.25) is 0 Å². The molecule has 130 valence electrons. The SMILES string of the molecule is CC(C)[Si](Oc1ccc([SiH3])c2c1C(C)(C)CO2)(C(C)C)C(C)C. The number of ether oxygens (including phenoxy) is 1. The minimum Gasteiger partial charge on any atom is -0.542 e. The van der Waals surface area contributed by atoms with E-state index in [-0.39, 0.29) is 5.41 Å². The summed E-state index contributed by atoms with van der Waals surface area (Å²) >= 11 is 0. The number of rotatable bonds is 5. The second kappa shape index (κ2) is 6.28. The molecule has 0 N–H and O–H groups in total. The van der Waals surface area contributed by atoms with Crippen molar-refractivity contribution >= 4 is 23.7 Å². The van der Waals surface area contributed by atoms with E-state index in [4.69, 9.17) is 9.16 Å². The molecule has 1 heterocycles. The van der Waals surface area contributed by atoms with E-state index in [1.807, 2.05) is 0 Å². The van der Waals surface area contributed by atoms with Gasteiger partial charge in [-0.25, -0.2) is 0 Å². The van der Waals surface area contributed by atoms with Crippen molar-refractivity contribution in [3.63, 3.8) is 0 Å². The molecule has 0 aromatic heterocycles. The average Bonchev–Trinajstić information content (AvgIpc) is 2.74. The highest BCUT2D eigenvalue weighted by molar-refractivity contribution is 6.78. The van der Waals surface area contributed by atoms with Crippen molar-refractivity contribution in [3.8, 4) is 11.5 Å². The molecular weight excluding hydrogens is 316 g/mol. The predicted octanol–water partition coefficient (Wildman–Crippen LogP) is 3.90. The third-order valence-electron chi connectivity index (χ3n) is 5.56. The molecular formula is C19H34O2Si2. The van der Waals surface area contributed by atoms with Gasteiger partial charge >= 0.3 is 0 Å². The van der Waals surface area contributed by atoms with E-state index in [9.17, 15) is 0 Å². The molecule has 0 atom stereocenters. The van der Waals surface area contributed by atoms with Crippen LogP contribution in [0.1, 0.15) is 61.0 Å². The highest BCUT2D eigenvalue weighted by atomic mass is 28.4. The molecule has 2 nitrogen and oxygen atoms in total. The van der Waals surface area contributed by atoms with Crippen LogP contribution in [0.15, 0.2) is 12.1 Å². The molecule has 1 aromatic rings. The monoisotopic (exact) mass is 350 g/mol. The predicted molar refractivity (Wildman–Crippen MR) is 106 cm³/mol. The van der Waals surface area contributed by atoms with Gasteiger partial charge in [-0.3, -0.25) is 0 Å². The number of benzene rings is 1. The van der Waals surface area contributed by atoms with E-state index >= 15 is 0 Å². The first-order valence-electron chi connectivity index (χ1n) is 9.00. The second-order valence-electron chi connectivity index (χ2n) is 8.68. The van der Waals surface area contributed by atoms with Crippen LogP contribution >= 0.6 is 0 Å². The molecule has 0 radical (unpaired) electrons. The Morgan fingerprint density at radius 2 is 1.57 bits per heavy atom. The van der Waals surface area contributed by atoms with Gasteiger partial charge < -0.3 is 9.16 Å². The molecule has 1 aliphatic heterocycles. The molecule has 0 bridgehead atoms. The van der Waals surface area contributed by atoms with E-state index in [1.54, 1.807) is 0 Å². The minimum atomic E-state index is -1.94. The summed E-state index contributed by atoms with van der Waals surface area (Å²) in [7, 11) is -0.922. The Hall–Kier alpha value is -0.746. The molecule has 1 aromatic carbocycles. The molecule has 0 saturated carbocycles. The fourth-order valence-electron chi connectivity index (χ4n) is 4.45. The van der Waals surface area contributed by atoms with Gasteiger partial charge in [0.1, 0.15) is 11.5 Å². The van der Waals surface area contributed by atoms with Crippen LogP contribution in [0.5, 0.6) is 11.5 Å². The van der Waals surface area contributed by atoms with Gasteiger partial charge in [-0.2, -0.15) is 0 Å². The zero-order valence-electron chi connectivity index (χ0n) is 16.4. The van der Waals surface area contributed by atoms with Crippen molar-refractivity contribution in [1.82, 2.24) is 0 Å². The smallest absolute Gasteiger partial charge is 0.258 e. The molecule has 0 aliphatic carbocycles. The van der Waals surface area contributed by atoms with Gasteiger partial charge in [-0.05, 0) is 27.9 Å². The van der Waals surface area contributed by atoms with Crippen molar-refractivity contribution in [1.29, 1.82) is 0 Å². The Labute approximate surface area is 146 Å². The standard InChI is InChI=1S/C19H34O2Si2/c1-12(2)23(13(3)4,14(5)6)21-15-9-10-16(22)18-17(15)19(7,8)11-20-18/h9-10,12-14H,11H2,1-8,22H3. The lowest BCUT2D eigenvalue weighted by Gasteiger charge is -2.43. The Morgan fingerprint density at radius 3 is 2.04 bits per heavy atom. The van der Waals surface area contributed by atoms with Crippen LogP contribution in [0.2, 0.25) is 16.6 Å². The van der Waals surface area contributed by atoms with Crippen LogP contribution in [0.4, 0.5) is 0 Å². The molecule has 0 unspecified atom stereocenters. The lowest BCUT2D eigenvalue weighted by Crippen LogP contribution is -2.51. The van der Waals surface area contributed by atoms with E-state index in [2.05, 4.69) is 67.5 Å². The summed E-state index contributed by atoms with van der Waals surface area (Å²) in [6.07, 6.45) is 0. The van der Waals surface area contributed by atoms with Crippen LogP contribution < -0.4 is 14.3 Å². The fraction of sp³-hybridized carbons (Fsp3) is 0.684. The maximum Gasteiger partial charge on any atom is 0.258 e. The van der Waals surface area contributed by atoms with Crippen molar-refractivity contribution in [2.24, 2.45) is 0 Å². The Morgan fingerprint density at radius 1 is 1.04 bits per heavy atom. The first-order chi connectivity index (χ1) is 10.5. The van der Waals surface area contributed by atoms with Crippen LogP contribution in [-0.4, -0.2) is 25.2 Å². The Balaban J connectivity index is 2.58. The molecule has 1 aliphatic rings. The maximum absolute atomic E-state index is 6.99. The molecule has 2 rings (SSSR count). The maximum atomic E-state index is 6.99. The summed E-state index contributed by atoms with van der Waals surface area (Å²) in [4.78, 5) is 0. The van der Waals surface area contributed by atoms with Crippen LogP contribution in [0.3, 0.4) is 0 Å². The van der Waals surface area contributed by atoms with E-state index in [1.165, 1.54) is 10.8 Å². The lowest BCUT2D eigenvalue weighted by molar-refractivity contribution is 0.291. The fourth-order valence-corrected chi connectivity index (χ4v) is 10.3. The normalized spacial score (nSPS) is 17.0. The minimum absolute atomic E-state index is 0.0379. The first-order valence-corrected chi connectivity index (χ1v) is 12.1. The molecule has 0 fully saturated rings.